The summed E-state index contributed by atoms with van der Waals surface area (Å²) in [4.78, 5) is 12.7. The van der Waals surface area contributed by atoms with Gasteiger partial charge in [0.15, 0.2) is 0 Å². The molecular formula is C30H23ClFNO3. The summed E-state index contributed by atoms with van der Waals surface area (Å²) in [6.07, 6.45) is 3.19. The van der Waals surface area contributed by atoms with Crippen LogP contribution in [0.15, 0.2) is 83.5 Å². The minimum Gasteiger partial charge on any atom is -0.496 e. The smallest absolute Gasteiger partial charge is 0.248 e. The van der Waals surface area contributed by atoms with E-state index in [4.69, 9.17) is 20.8 Å². The molecule has 0 unspecified atom stereocenters. The highest BCUT2D eigenvalue weighted by molar-refractivity contribution is 6.30. The van der Waals surface area contributed by atoms with E-state index in [9.17, 15) is 9.18 Å². The van der Waals surface area contributed by atoms with Gasteiger partial charge < -0.3 is 14.5 Å². The molecule has 0 atom stereocenters. The molecule has 0 aliphatic carbocycles. The predicted octanol–water partition coefficient (Wildman–Crippen LogP) is 8.40. The van der Waals surface area contributed by atoms with Crippen molar-refractivity contribution < 1.29 is 18.3 Å². The minimum absolute atomic E-state index is 0.0557. The zero-order valence-electron chi connectivity index (χ0n) is 20.0. The number of nitrogens with one attached hydrogen (secondary N) is 1. The molecule has 0 radical (unpaired) electrons. The van der Waals surface area contributed by atoms with Gasteiger partial charge in [0.05, 0.1) is 19.1 Å². The Bertz CT molecular complexity index is 1660. The first-order chi connectivity index (χ1) is 17.4. The van der Waals surface area contributed by atoms with Gasteiger partial charge in [-0.3, -0.25) is 4.79 Å². The maximum Gasteiger partial charge on any atom is 0.248 e. The van der Waals surface area contributed by atoms with Crippen molar-refractivity contribution in [2.45, 2.75) is 13.8 Å². The van der Waals surface area contributed by atoms with Crippen LogP contribution in [0.4, 0.5) is 10.1 Å². The number of carbonyl (C=O) groups excluding carboxylic acids is 1. The molecule has 180 valence electrons. The lowest BCUT2D eigenvalue weighted by molar-refractivity contribution is -0.111. The number of anilines is 1. The summed E-state index contributed by atoms with van der Waals surface area (Å²) in [5.41, 5.74) is 5.02. The fraction of sp³-hybridized carbons (Fsp3) is 0.100. The van der Waals surface area contributed by atoms with Crippen molar-refractivity contribution in [2.24, 2.45) is 0 Å². The summed E-state index contributed by atoms with van der Waals surface area (Å²) in [5, 5.41) is 6.00. The van der Waals surface area contributed by atoms with Crippen molar-refractivity contribution >= 4 is 50.5 Å². The van der Waals surface area contributed by atoms with Crippen LogP contribution >= 0.6 is 11.6 Å². The molecule has 0 aliphatic rings. The molecule has 5 rings (SSSR count). The summed E-state index contributed by atoms with van der Waals surface area (Å²) in [6.45, 7) is 3.75. The summed E-state index contributed by atoms with van der Waals surface area (Å²) < 4.78 is 25.9. The summed E-state index contributed by atoms with van der Waals surface area (Å²) in [5.74, 6) is -0.453. The lowest BCUT2D eigenvalue weighted by Crippen LogP contribution is -2.10. The lowest BCUT2D eigenvalue weighted by atomic mass is 9.94. The summed E-state index contributed by atoms with van der Waals surface area (Å²) >= 11 is 5.81. The van der Waals surface area contributed by atoms with Gasteiger partial charge in [0.1, 0.15) is 17.1 Å². The number of furan rings is 1. The van der Waals surface area contributed by atoms with Crippen LogP contribution < -0.4 is 10.1 Å². The molecule has 4 aromatic carbocycles. The van der Waals surface area contributed by atoms with Crippen molar-refractivity contribution in [3.05, 3.63) is 101 Å². The average molecular weight is 500 g/mol. The summed E-state index contributed by atoms with van der Waals surface area (Å²) in [7, 11) is 1.59. The van der Waals surface area contributed by atoms with E-state index in [1.807, 2.05) is 38.1 Å². The normalized spacial score (nSPS) is 11.8. The monoisotopic (exact) mass is 499 g/mol. The minimum atomic E-state index is -0.602. The van der Waals surface area contributed by atoms with Crippen molar-refractivity contribution in [3.63, 3.8) is 0 Å². The molecule has 0 saturated carbocycles. The molecule has 1 aromatic heterocycles. The number of fused-ring (bicyclic) bond motifs is 2. The maximum atomic E-state index is 14.1. The van der Waals surface area contributed by atoms with Crippen LogP contribution in [0.25, 0.3) is 38.4 Å². The Morgan fingerprint density at radius 2 is 1.81 bits per heavy atom. The Balaban J connectivity index is 1.60. The molecule has 0 fully saturated rings. The van der Waals surface area contributed by atoms with Gasteiger partial charge >= 0.3 is 0 Å². The predicted molar refractivity (Wildman–Crippen MR) is 144 cm³/mol. The van der Waals surface area contributed by atoms with Crippen molar-refractivity contribution in [2.75, 3.05) is 12.4 Å². The van der Waals surface area contributed by atoms with E-state index in [-0.39, 0.29) is 10.7 Å². The van der Waals surface area contributed by atoms with Gasteiger partial charge in [-0.2, -0.15) is 0 Å². The second-order valence-electron chi connectivity index (χ2n) is 8.58. The second kappa shape index (κ2) is 9.51. The van der Waals surface area contributed by atoms with Gasteiger partial charge in [-0.05, 0) is 60.0 Å². The van der Waals surface area contributed by atoms with Crippen LogP contribution in [0.2, 0.25) is 5.02 Å². The molecule has 0 bridgehead atoms. The number of carbonyl (C=O) groups is 1. The SMILES string of the molecule is COc1c(/C(C)=C/C(=O)Nc2ccc(Cl)cc2F)cc2c(-c3cccc4ccccc34)coc2c1C. The molecule has 0 spiro atoms. The fourth-order valence-corrected chi connectivity index (χ4v) is 4.73. The molecule has 1 N–H and O–H groups in total. The number of aryl methyl sites for hydroxylation is 1. The van der Waals surface area contributed by atoms with Crippen molar-refractivity contribution in [1.82, 2.24) is 0 Å². The van der Waals surface area contributed by atoms with E-state index in [1.54, 1.807) is 13.4 Å². The molecule has 0 saturated heterocycles. The Kier molecular flexibility index (Phi) is 6.25. The van der Waals surface area contributed by atoms with Crippen molar-refractivity contribution in [1.29, 1.82) is 0 Å². The van der Waals surface area contributed by atoms with Crippen LogP contribution in [0.5, 0.6) is 5.75 Å². The molecule has 4 nitrogen and oxygen atoms in total. The van der Waals surface area contributed by atoms with E-state index in [1.165, 1.54) is 18.2 Å². The highest BCUT2D eigenvalue weighted by Gasteiger charge is 2.20. The quantitative estimate of drug-likeness (QED) is 0.247. The second-order valence-corrected chi connectivity index (χ2v) is 9.01. The molecule has 5 aromatic rings. The Morgan fingerprint density at radius 3 is 2.58 bits per heavy atom. The third kappa shape index (κ3) is 4.23. The van der Waals surface area contributed by atoms with Gasteiger partial charge in [0.25, 0.3) is 0 Å². The molecule has 36 heavy (non-hydrogen) atoms. The molecule has 1 amide bonds. The van der Waals surface area contributed by atoms with Crippen molar-refractivity contribution in [3.8, 4) is 16.9 Å². The highest BCUT2D eigenvalue weighted by Crippen LogP contribution is 2.42. The number of rotatable bonds is 5. The third-order valence-electron chi connectivity index (χ3n) is 6.29. The standard InChI is InChI=1S/C30H23ClFNO3/c1-17(13-28(34)33-27-12-11-20(31)14-26(27)32)23-15-24-25(16-36-30(24)18(2)29(23)35-3)22-10-6-8-19-7-4-5-9-21(19)22/h4-16H,1-3H3,(H,33,34)/b17-13+. The van der Waals surface area contributed by atoms with E-state index in [0.717, 1.165) is 50.1 Å². The Labute approximate surface area is 212 Å². The number of benzene rings is 4. The number of hydrogen-bond acceptors (Lipinski definition) is 3. The van der Waals surface area contributed by atoms with Gasteiger partial charge in [0.2, 0.25) is 5.91 Å². The van der Waals surface area contributed by atoms with E-state index < -0.39 is 11.7 Å². The molecule has 1 heterocycles. The number of allylic oxidation sites excluding steroid dienone is 1. The lowest BCUT2D eigenvalue weighted by Gasteiger charge is -2.14. The molecule has 0 aliphatic heterocycles. The number of hydrogen-bond donors (Lipinski definition) is 1. The zero-order chi connectivity index (χ0) is 25.4. The summed E-state index contributed by atoms with van der Waals surface area (Å²) in [6, 6.07) is 20.5. The maximum absolute atomic E-state index is 14.1. The topological polar surface area (TPSA) is 51.5 Å². The largest absolute Gasteiger partial charge is 0.496 e. The number of halogens is 2. The first-order valence-corrected chi connectivity index (χ1v) is 11.8. The van der Waals surface area contributed by atoms with E-state index in [0.29, 0.717) is 11.3 Å². The number of amides is 1. The third-order valence-corrected chi connectivity index (χ3v) is 6.52. The van der Waals surface area contributed by atoms with Crippen LogP contribution in [0.3, 0.4) is 0 Å². The fourth-order valence-electron chi connectivity index (χ4n) is 4.57. The van der Waals surface area contributed by atoms with Gasteiger partial charge in [0, 0.05) is 33.2 Å². The van der Waals surface area contributed by atoms with Crippen LogP contribution in [-0.4, -0.2) is 13.0 Å². The average Bonchev–Trinajstić information content (AvgIpc) is 3.29. The van der Waals surface area contributed by atoms with Crippen LogP contribution in [0, 0.1) is 12.7 Å². The zero-order valence-corrected chi connectivity index (χ0v) is 20.7. The van der Waals surface area contributed by atoms with Crippen LogP contribution in [-0.2, 0) is 4.79 Å². The molecular weight excluding hydrogens is 477 g/mol. The molecule has 6 heteroatoms. The number of methoxy groups -OCH3 is 1. The van der Waals surface area contributed by atoms with E-state index >= 15 is 0 Å². The first-order valence-electron chi connectivity index (χ1n) is 11.4. The van der Waals surface area contributed by atoms with Gasteiger partial charge in [-0.1, -0.05) is 54.1 Å². The number of ether oxygens (including phenoxy) is 1. The highest BCUT2D eigenvalue weighted by atomic mass is 35.5. The first kappa shape index (κ1) is 23.6. The van der Waals surface area contributed by atoms with E-state index in [2.05, 4.69) is 29.6 Å². The van der Waals surface area contributed by atoms with Gasteiger partial charge in [-0.15, -0.1) is 0 Å². The van der Waals surface area contributed by atoms with Crippen LogP contribution in [0.1, 0.15) is 18.1 Å². The Morgan fingerprint density at radius 1 is 1.03 bits per heavy atom. The van der Waals surface area contributed by atoms with Gasteiger partial charge in [-0.25, -0.2) is 4.39 Å². The Hall–Kier alpha value is -4.09.